The second-order valence-corrected chi connectivity index (χ2v) is 5.95. The number of rotatable bonds is 9. The molecule has 0 amide bonds. The van der Waals surface area contributed by atoms with Gasteiger partial charge in [-0.25, -0.2) is 0 Å². The summed E-state index contributed by atoms with van der Waals surface area (Å²) < 4.78 is 21.5. The van der Waals surface area contributed by atoms with Crippen molar-refractivity contribution in [2.45, 2.75) is 13.0 Å². The van der Waals surface area contributed by atoms with Crippen LogP contribution in [0.2, 0.25) is 0 Å². The minimum absolute atomic E-state index is 0. The van der Waals surface area contributed by atoms with Crippen LogP contribution in [0.1, 0.15) is 11.1 Å². The lowest BCUT2D eigenvalue weighted by Crippen LogP contribution is -2.37. The Morgan fingerprint density at radius 1 is 0.897 bits per heavy atom. The average Bonchev–Trinajstić information content (AvgIpc) is 2.75. The first kappa shape index (κ1) is 24.7. The summed E-state index contributed by atoms with van der Waals surface area (Å²) in [5.74, 6) is 3.49. The van der Waals surface area contributed by atoms with Gasteiger partial charge in [-0.3, -0.25) is 4.99 Å². The number of benzene rings is 2. The minimum atomic E-state index is 0. The lowest BCUT2D eigenvalue weighted by molar-refractivity contribution is 0.322. The Balaban J connectivity index is 0.00000420. The predicted octanol–water partition coefficient (Wildman–Crippen LogP) is 3.25. The van der Waals surface area contributed by atoms with E-state index < -0.39 is 0 Å². The van der Waals surface area contributed by atoms with Crippen LogP contribution >= 0.6 is 24.0 Å². The molecule has 0 bridgehead atoms. The minimum Gasteiger partial charge on any atom is -0.497 e. The van der Waals surface area contributed by atoms with Gasteiger partial charge >= 0.3 is 0 Å². The largest absolute Gasteiger partial charge is 0.497 e. The maximum Gasteiger partial charge on any atom is 0.203 e. The van der Waals surface area contributed by atoms with Gasteiger partial charge in [-0.15, -0.1) is 24.0 Å². The van der Waals surface area contributed by atoms with Gasteiger partial charge in [0.1, 0.15) is 5.75 Å². The van der Waals surface area contributed by atoms with E-state index in [9.17, 15) is 0 Å². The first-order chi connectivity index (χ1) is 13.7. The molecule has 29 heavy (non-hydrogen) atoms. The fourth-order valence-electron chi connectivity index (χ4n) is 2.86. The molecular weight excluding hydrogens is 485 g/mol. The molecular formula is C21H30IN3O4. The maximum atomic E-state index is 5.53. The Morgan fingerprint density at radius 2 is 1.66 bits per heavy atom. The van der Waals surface area contributed by atoms with Gasteiger partial charge in [-0.2, -0.15) is 0 Å². The number of hydrogen-bond donors (Lipinski definition) is 2. The molecule has 0 saturated heterocycles. The molecule has 2 aromatic rings. The molecule has 0 aliphatic carbocycles. The molecule has 0 aliphatic rings. The number of hydrogen-bond acceptors (Lipinski definition) is 5. The normalized spacial score (nSPS) is 10.6. The molecule has 0 aromatic heterocycles. The molecule has 0 atom stereocenters. The van der Waals surface area contributed by atoms with Crippen molar-refractivity contribution in [2.24, 2.45) is 4.99 Å². The molecule has 2 aromatic carbocycles. The van der Waals surface area contributed by atoms with Crippen molar-refractivity contribution in [1.82, 2.24) is 10.6 Å². The van der Waals surface area contributed by atoms with Gasteiger partial charge < -0.3 is 29.6 Å². The summed E-state index contributed by atoms with van der Waals surface area (Å²) >= 11 is 0. The third-order valence-corrected chi connectivity index (χ3v) is 4.29. The van der Waals surface area contributed by atoms with Crippen molar-refractivity contribution < 1.29 is 18.9 Å². The Labute approximate surface area is 189 Å². The monoisotopic (exact) mass is 515 g/mol. The second kappa shape index (κ2) is 13.0. The van der Waals surface area contributed by atoms with Crippen LogP contribution in [0.4, 0.5) is 0 Å². The van der Waals surface area contributed by atoms with Crippen molar-refractivity contribution in [2.75, 3.05) is 42.0 Å². The number of methoxy groups -OCH3 is 4. The summed E-state index contributed by atoms with van der Waals surface area (Å²) in [4.78, 5) is 4.27. The lowest BCUT2D eigenvalue weighted by Gasteiger charge is -2.16. The van der Waals surface area contributed by atoms with Gasteiger partial charge in [0.25, 0.3) is 0 Å². The number of guanidine groups is 1. The highest BCUT2D eigenvalue weighted by molar-refractivity contribution is 14.0. The van der Waals surface area contributed by atoms with Crippen LogP contribution in [0, 0.1) is 0 Å². The van der Waals surface area contributed by atoms with E-state index in [0.717, 1.165) is 29.3 Å². The summed E-state index contributed by atoms with van der Waals surface area (Å²) in [5, 5.41) is 6.61. The van der Waals surface area contributed by atoms with E-state index in [1.54, 1.807) is 35.5 Å². The Bertz CT molecular complexity index is 799. The van der Waals surface area contributed by atoms with Gasteiger partial charge in [-0.05, 0) is 30.2 Å². The zero-order valence-electron chi connectivity index (χ0n) is 17.6. The Morgan fingerprint density at radius 3 is 2.28 bits per heavy atom. The molecule has 0 aliphatic heterocycles. The summed E-state index contributed by atoms with van der Waals surface area (Å²) in [6.07, 6.45) is 0.739. The highest BCUT2D eigenvalue weighted by atomic mass is 127. The van der Waals surface area contributed by atoms with Crippen LogP contribution < -0.4 is 29.6 Å². The average molecular weight is 515 g/mol. The lowest BCUT2D eigenvalue weighted by atomic mass is 10.1. The summed E-state index contributed by atoms with van der Waals surface area (Å²) in [7, 11) is 8.25. The number of ether oxygens (including phenoxy) is 4. The van der Waals surface area contributed by atoms with E-state index >= 15 is 0 Å². The molecule has 0 unspecified atom stereocenters. The molecule has 2 rings (SSSR count). The van der Waals surface area contributed by atoms with Crippen molar-refractivity contribution in [3.05, 3.63) is 47.5 Å². The molecule has 0 saturated carbocycles. The predicted molar refractivity (Wildman–Crippen MR) is 126 cm³/mol. The van der Waals surface area contributed by atoms with E-state index in [1.165, 1.54) is 0 Å². The smallest absolute Gasteiger partial charge is 0.203 e. The fraction of sp³-hybridized carbons (Fsp3) is 0.381. The standard InChI is InChI=1S/C21H29N3O4.HI/c1-22-21(24-14-15-7-6-8-17(13-15)25-2)23-12-11-16-9-10-18(26-3)20(28-5)19(16)27-4;/h6-10,13H,11-12,14H2,1-5H3,(H2,22,23,24);1H. The quantitative estimate of drug-likeness (QED) is 0.304. The van der Waals surface area contributed by atoms with Crippen LogP contribution in [-0.4, -0.2) is 48.0 Å². The van der Waals surface area contributed by atoms with Gasteiger partial charge in [0, 0.05) is 25.7 Å². The summed E-state index contributed by atoms with van der Waals surface area (Å²) in [5.41, 5.74) is 2.14. The first-order valence-corrected chi connectivity index (χ1v) is 9.02. The highest BCUT2D eigenvalue weighted by Crippen LogP contribution is 2.39. The van der Waals surface area contributed by atoms with Gasteiger partial charge in [-0.1, -0.05) is 18.2 Å². The first-order valence-electron chi connectivity index (χ1n) is 9.02. The van der Waals surface area contributed by atoms with E-state index in [1.807, 2.05) is 36.4 Å². The molecule has 0 fully saturated rings. The molecule has 0 radical (unpaired) electrons. The van der Waals surface area contributed by atoms with Crippen molar-refractivity contribution >= 4 is 29.9 Å². The zero-order chi connectivity index (χ0) is 20.4. The van der Waals surface area contributed by atoms with E-state index in [4.69, 9.17) is 18.9 Å². The van der Waals surface area contributed by atoms with Crippen LogP contribution in [0.5, 0.6) is 23.0 Å². The van der Waals surface area contributed by atoms with E-state index in [2.05, 4.69) is 15.6 Å². The number of aliphatic imine (C=N–C) groups is 1. The van der Waals surface area contributed by atoms with Gasteiger partial charge in [0.05, 0.1) is 28.4 Å². The molecule has 7 nitrogen and oxygen atoms in total. The molecule has 0 heterocycles. The number of nitrogens with one attached hydrogen (secondary N) is 2. The summed E-state index contributed by atoms with van der Waals surface area (Å²) in [6, 6.07) is 11.8. The molecule has 2 N–H and O–H groups in total. The fourth-order valence-corrected chi connectivity index (χ4v) is 2.86. The maximum absolute atomic E-state index is 5.53. The van der Waals surface area contributed by atoms with Gasteiger partial charge in [0.2, 0.25) is 5.75 Å². The van der Waals surface area contributed by atoms with Crippen LogP contribution in [0.3, 0.4) is 0 Å². The third-order valence-electron chi connectivity index (χ3n) is 4.29. The van der Waals surface area contributed by atoms with Crippen molar-refractivity contribution in [3.63, 3.8) is 0 Å². The SMILES string of the molecule is CN=C(NCCc1ccc(OC)c(OC)c1OC)NCc1cccc(OC)c1.I. The van der Waals surface area contributed by atoms with Crippen LogP contribution in [0.25, 0.3) is 0 Å². The molecule has 160 valence electrons. The highest BCUT2D eigenvalue weighted by Gasteiger charge is 2.15. The summed E-state index contributed by atoms with van der Waals surface area (Å²) in [6.45, 7) is 1.33. The van der Waals surface area contributed by atoms with Crippen molar-refractivity contribution in [3.8, 4) is 23.0 Å². The second-order valence-electron chi connectivity index (χ2n) is 5.95. The molecule has 8 heteroatoms. The van der Waals surface area contributed by atoms with Crippen LogP contribution in [-0.2, 0) is 13.0 Å². The topological polar surface area (TPSA) is 73.3 Å². The zero-order valence-corrected chi connectivity index (χ0v) is 19.9. The van der Waals surface area contributed by atoms with E-state index in [0.29, 0.717) is 30.3 Å². The van der Waals surface area contributed by atoms with Crippen LogP contribution in [0.15, 0.2) is 41.4 Å². The molecule has 0 spiro atoms. The third kappa shape index (κ3) is 6.88. The van der Waals surface area contributed by atoms with E-state index in [-0.39, 0.29) is 24.0 Å². The number of nitrogens with zero attached hydrogens (tertiary/aromatic N) is 1. The Hall–Kier alpha value is -2.36. The van der Waals surface area contributed by atoms with Gasteiger partial charge in [0.15, 0.2) is 17.5 Å². The number of halogens is 1. The van der Waals surface area contributed by atoms with Crippen molar-refractivity contribution in [1.29, 1.82) is 0 Å². The Kier molecular flexibility index (Phi) is 11.0.